The summed E-state index contributed by atoms with van der Waals surface area (Å²) in [7, 11) is 0. The van der Waals surface area contributed by atoms with Crippen molar-refractivity contribution in [1.29, 1.82) is 0 Å². The first-order valence-electron chi connectivity index (χ1n) is 24.7. The second-order valence-electron chi connectivity index (χ2n) is 18.1. The molecule has 3 heterocycles. The monoisotopic (exact) mass is 1090 g/mol. The molecule has 0 bridgehead atoms. The van der Waals surface area contributed by atoms with Crippen LogP contribution in [0, 0.1) is 11.6 Å². The number of carboxylic acid groups (broad SMARTS) is 4. The van der Waals surface area contributed by atoms with Gasteiger partial charge >= 0.3 is 29.9 Å². The predicted octanol–water partition coefficient (Wildman–Crippen LogP) is 5.57. The van der Waals surface area contributed by atoms with Gasteiger partial charge in [0.2, 0.25) is 5.43 Å². The van der Waals surface area contributed by atoms with Crippen LogP contribution in [0.5, 0.6) is 17.2 Å². The maximum atomic E-state index is 14.9. The predicted molar refractivity (Wildman–Crippen MR) is 279 cm³/mol. The molecule has 3 aromatic rings. The smallest absolute Gasteiger partial charge is 0.323 e. The Kier molecular flexibility index (Phi) is 20.1. The number of urea groups is 1. The maximum absolute atomic E-state index is 14.9. The number of rotatable bonds is 32. The number of hydroxylamine groups is 1. The number of aliphatic imine (C=N–C) groups is 1. The summed E-state index contributed by atoms with van der Waals surface area (Å²) in [6.45, 7) is -1.65. The van der Waals surface area contributed by atoms with Gasteiger partial charge < -0.3 is 69.4 Å². The van der Waals surface area contributed by atoms with Crippen molar-refractivity contribution in [2.45, 2.75) is 62.3 Å². The Morgan fingerprint density at radius 2 is 1.48 bits per heavy atom. The van der Waals surface area contributed by atoms with Gasteiger partial charge in [-0.1, -0.05) is 18.6 Å². The van der Waals surface area contributed by atoms with Crippen molar-refractivity contribution in [2.75, 3.05) is 81.2 Å². The van der Waals surface area contributed by atoms with Crippen LogP contribution >= 0.6 is 11.8 Å². The van der Waals surface area contributed by atoms with Gasteiger partial charge in [0, 0.05) is 52.7 Å². The third-order valence-electron chi connectivity index (χ3n) is 12.4. The van der Waals surface area contributed by atoms with E-state index in [1.807, 2.05) is 11.8 Å². The largest absolute Gasteiger partial charge is 0.505 e. The summed E-state index contributed by atoms with van der Waals surface area (Å²) < 4.78 is 53.3. The van der Waals surface area contributed by atoms with Crippen LogP contribution < -0.4 is 40.8 Å². The summed E-state index contributed by atoms with van der Waals surface area (Å²) in [4.78, 5) is 83.7. The molecule has 3 aromatic carbocycles. The number of anilines is 2. The number of benzene rings is 4. The lowest BCUT2D eigenvalue weighted by atomic mass is 9.93. The lowest BCUT2D eigenvalue weighted by molar-refractivity contribution is -0.138. The van der Waals surface area contributed by atoms with Crippen molar-refractivity contribution >= 4 is 70.4 Å². The van der Waals surface area contributed by atoms with Gasteiger partial charge in [-0.05, 0) is 86.1 Å². The minimum atomic E-state index is -1.39. The molecule has 7 rings (SSSR count). The number of carbonyl (C=O) groups is 5. The van der Waals surface area contributed by atoms with E-state index in [2.05, 4.69) is 21.1 Å². The summed E-state index contributed by atoms with van der Waals surface area (Å²) in [6.07, 6.45) is 7.34. The van der Waals surface area contributed by atoms with E-state index in [0.717, 1.165) is 78.3 Å². The number of carboxylic acids is 4. The fourth-order valence-electron chi connectivity index (χ4n) is 8.98. The number of unbranched alkanes of at least 4 members (excludes halogenated alkanes) is 3. The zero-order valence-corrected chi connectivity index (χ0v) is 42.4. The zero-order chi connectivity index (χ0) is 55.0. The molecule has 3 aliphatic heterocycles. The van der Waals surface area contributed by atoms with E-state index in [-0.39, 0.29) is 94.2 Å². The van der Waals surface area contributed by atoms with Crippen LogP contribution in [0.3, 0.4) is 0 Å². The number of hydrogen-bond acceptors (Lipinski definition) is 17. The van der Waals surface area contributed by atoms with Gasteiger partial charge in [-0.2, -0.15) is 11.8 Å². The van der Waals surface area contributed by atoms with Crippen molar-refractivity contribution < 1.29 is 81.8 Å². The molecule has 22 nitrogen and oxygen atoms in total. The molecular weight excluding hydrogens is 1030 g/mol. The van der Waals surface area contributed by atoms with E-state index in [1.165, 1.54) is 30.7 Å². The normalized spacial score (nSPS) is 15.8. The lowest BCUT2D eigenvalue weighted by Crippen LogP contribution is -2.36. The van der Waals surface area contributed by atoms with E-state index >= 15 is 0 Å². The summed E-state index contributed by atoms with van der Waals surface area (Å²) in [5.74, 6) is -7.64. The molecule has 1 aliphatic carbocycles. The van der Waals surface area contributed by atoms with Gasteiger partial charge in [-0.3, -0.25) is 29.0 Å². The van der Waals surface area contributed by atoms with Gasteiger partial charge in [0.25, 0.3) is 0 Å². The Hall–Kier alpha value is -7.90. The van der Waals surface area contributed by atoms with Crippen LogP contribution in [0.2, 0.25) is 0 Å². The second kappa shape index (κ2) is 27.2. The summed E-state index contributed by atoms with van der Waals surface area (Å²) >= 11 is 1.90. The molecule has 0 aromatic heterocycles. The quantitative estimate of drug-likeness (QED) is 0.00651. The first-order chi connectivity index (χ1) is 37.0. The fraction of sp³-hybridized carbons (Fsp3) is 0.404. The topological polar surface area (TPSA) is 309 Å². The maximum Gasteiger partial charge on any atom is 0.323 e. The number of nitrogens with zero attached hydrogens (tertiary/aromatic N) is 3. The van der Waals surface area contributed by atoms with E-state index in [9.17, 15) is 63.1 Å². The molecule has 412 valence electrons. The summed E-state index contributed by atoms with van der Waals surface area (Å²) in [6, 6.07) is 12.9. The number of thioether (sulfide) groups is 1. The molecule has 0 saturated carbocycles. The van der Waals surface area contributed by atoms with E-state index < -0.39 is 72.9 Å². The van der Waals surface area contributed by atoms with E-state index in [0.29, 0.717) is 36.9 Å². The number of ether oxygens (including phenoxy) is 3. The minimum Gasteiger partial charge on any atom is -0.505 e. The van der Waals surface area contributed by atoms with Crippen LogP contribution in [0.15, 0.2) is 74.9 Å². The average Bonchev–Trinajstić information content (AvgIpc) is 3.93. The molecule has 8 N–H and O–H groups in total. The van der Waals surface area contributed by atoms with E-state index in [1.54, 1.807) is 12.1 Å². The van der Waals surface area contributed by atoms with Crippen LogP contribution in [-0.4, -0.2) is 151 Å². The Morgan fingerprint density at radius 1 is 0.766 bits per heavy atom. The molecule has 2 saturated heterocycles. The van der Waals surface area contributed by atoms with Crippen LogP contribution in [0.1, 0.15) is 44.1 Å². The third kappa shape index (κ3) is 15.8. The highest BCUT2D eigenvalue weighted by molar-refractivity contribution is 8.00. The number of aromatic hydroxyl groups is 1. The van der Waals surface area contributed by atoms with Crippen LogP contribution in [0.4, 0.5) is 25.0 Å². The highest BCUT2D eigenvalue weighted by Gasteiger charge is 2.42. The summed E-state index contributed by atoms with van der Waals surface area (Å²) in [5.41, 5.74) is 2.87. The molecule has 2 amide bonds. The Labute approximate surface area is 443 Å². The van der Waals surface area contributed by atoms with Crippen molar-refractivity contribution in [3.63, 3.8) is 0 Å². The van der Waals surface area contributed by atoms with Crippen molar-refractivity contribution in [3.05, 3.63) is 88.1 Å². The molecule has 4 aliphatic rings. The first kappa shape index (κ1) is 56.8. The molecule has 2 fully saturated rings. The lowest BCUT2D eigenvalue weighted by Gasteiger charge is -2.25. The number of aliphatic carboxylic acids is 4. The highest BCUT2D eigenvalue weighted by Crippen LogP contribution is 2.44. The number of carbonyl (C=O) groups excluding carboxylic acids is 1. The average molecular weight is 1090 g/mol. The number of nitrogens with one attached hydrogen (secondary N) is 3. The second-order valence-corrected chi connectivity index (χ2v) is 19.3. The molecule has 3 atom stereocenters. The Bertz CT molecular complexity index is 2950. The summed E-state index contributed by atoms with van der Waals surface area (Å²) in [5, 5.41) is 55.5. The van der Waals surface area contributed by atoms with Gasteiger partial charge in [0.1, 0.15) is 62.2 Å². The number of fused-ring (bicyclic) bond motifs is 3. The molecular formula is C52H58F2N6O16S. The SMILES string of the molecule is O=C(O)CN(CC(=O)O)c1ccc(-c2c3cc(F)c(=O)cc-3oc3cc(O)c(F)cc23)cc1OCCOc1ccc(CCONCCCCCN=COCCCCC2SCC3NC(=O)NC32)cc1N(CC(=O)O)CC(=O)O. The van der Waals surface area contributed by atoms with Crippen LogP contribution in [-0.2, 0) is 35.2 Å². The van der Waals surface area contributed by atoms with Gasteiger partial charge in [-0.25, -0.2) is 19.1 Å². The standard InChI is InChI=1S/C52H58F2N6O16S/c53-34-20-32-42(22-39(34)61)76-43-23-40(62)35(54)21-33(43)50(32)31-8-9-37(59(24-46(63)64)25-47(65)66)44(19-31)74-17-16-73-41-10-7-30(18-38(41)60(26-48(67)68)27-49(69)70)11-15-75-56-13-4-1-3-12-55-29-72-14-5-2-6-45-51-36(28-77-45)57-52(71)58-51/h7-10,18-23,29,36,45,51,56,61H,1-6,11-17,24-28H2,(H,63,64)(H,65,66)(H,67,68)(H,69,70)(H2,57,58,71). The Balaban J connectivity index is 0.953. The van der Waals surface area contributed by atoms with Crippen molar-refractivity contribution in [2.24, 2.45) is 4.99 Å². The van der Waals surface area contributed by atoms with Crippen molar-refractivity contribution in [1.82, 2.24) is 16.1 Å². The molecule has 77 heavy (non-hydrogen) atoms. The third-order valence-corrected chi connectivity index (χ3v) is 14.0. The molecule has 3 unspecified atom stereocenters. The molecule has 0 spiro atoms. The number of halogens is 2. The first-order valence-corrected chi connectivity index (χ1v) is 25.7. The number of phenols is 1. The number of hydrogen-bond donors (Lipinski definition) is 8. The van der Waals surface area contributed by atoms with Crippen molar-refractivity contribution in [3.8, 4) is 39.7 Å². The molecule has 0 radical (unpaired) electrons. The van der Waals surface area contributed by atoms with Gasteiger partial charge in [-0.15, -0.1) is 0 Å². The zero-order valence-electron chi connectivity index (χ0n) is 41.5. The highest BCUT2D eigenvalue weighted by atomic mass is 32.2. The van der Waals surface area contributed by atoms with Gasteiger partial charge in [0.05, 0.1) is 36.7 Å². The van der Waals surface area contributed by atoms with Crippen LogP contribution in [0.25, 0.3) is 33.4 Å². The number of phenolic OH excluding ortho intramolecular Hbond substituents is 1. The molecule has 25 heteroatoms. The fourth-order valence-corrected chi connectivity index (χ4v) is 10.5. The Morgan fingerprint density at radius 3 is 2.21 bits per heavy atom. The minimum absolute atomic E-state index is 0.00712. The van der Waals surface area contributed by atoms with Gasteiger partial charge in [0.15, 0.2) is 23.8 Å². The van der Waals surface area contributed by atoms with E-state index in [4.69, 9.17) is 23.5 Å². The number of amides is 2.